The first-order valence-corrected chi connectivity index (χ1v) is 7.96. The third kappa shape index (κ3) is 1.79. The molecule has 1 aliphatic carbocycles. The molecule has 1 aromatic heterocycles. The van der Waals surface area contributed by atoms with Crippen molar-refractivity contribution in [3.8, 4) is 6.01 Å². The van der Waals surface area contributed by atoms with Crippen LogP contribution in [0.5, 0.6) is 6.01 Å². The molecule has 0 unspecified atom stereocenters. The topological polar surface area (TPSA) is 71.8 Å². The number of alkyl halides is 1. The summed E-state index contributed by atoms with van der Waals surface area (Å²) in [7, 11) is 0. The van der Waals surface area contributed by atoms with E-state index < -0.39 is 42.1 Å². The molecule has 3 aliphatic heterocycles. The molecule has 0 N–H and O–H groups in total. The van der Waals surface area contributed by atoms with Gasteiger partial charge in [0.05, 0.1) is 0 Å². The van der Waals surface area contributed by atoms with Crippen LogP contribution in [0.3, 0.4) is 0 Å². The number of hydrogen-bond donors (Lipinski definition) is 0. The second-order valence-electron chi connectivity index (χ2n) is 6.69. The number of aromatic nitrogens is 2. The molecule has 4 atom stereocenters. The average Bonchev–Trinajstić information content (AvgIpc) is 3.19. The maximum Gasteiger partial charge on any atom is 0.302 e. The molecule has 124 valence electrons. The van der Waals surface area contributed by atoms with Gasteiger partial charge in [0, 0.05) is 25.1 Å². The number of hydrogen-bond acceptors (Lipinski definition) is 6. The van der Waals surface area contributed by atoms with Crippen molar-refractivity contribution >= 4 is 0 Å². The van der Waals surface area contributed by atoms with Crippen LogP contribution in [0.25, 0.3) is 0 Å². The predicted octanol–water partition coefficient (Wildman–Crippen LogP) is 0.927. The first kappa shape index (κ1) is 13.9. The highest BCUT2D eigenvalue weighted by Gasteiger charge is 2.67. The van der Waals surface area contributed by atoms with Crippen molar-refractivity contribution in [2.75, 3.05) is 13.3 Å². The van der Waals surface area contributed by atoms with Crippen LogP contribution in [0.1, 0.15) is 31.9 Å². The van der Waals surface area contributed by atoms with Crippen molar-refractivity contribution in [2.24, 2.45) is 0 Å². The summed E-state index contributed by atoms with van der Waals surface area (Å²) in [6.07, 6.45) is 3.68. The zero-order valence-corrected chi connectivity index (χ0v) is 12.4. The molecule has 1 aromatic rings. The highest BCUT2D eigenvalue weighted by Crippen LogP contribution is 2.54. The molecule has 2 saturated heterocycles. The Balaban J connectivity index is 1.60. The van der Waals surface area contributed by atoms with Gasteiger partial charge in [0.25, 0.3) is 5.56 Å². The monoisotopic (exact) mass is 324 g/mol. The van der Waals surface area contributed by atoms with Crippen molar-refractivity contribution in [1.82, 2.24) is 9.55 Å². The molecule has 7 nitrogen and oxygen atoms in total. The van der Waals surface area contributed by atoms with Crippen LogP contribution in [0, 0.1) is 0 Å². The van der Waals surface area contributed by atoms with Gasteiger partial charge < -0.3 is 18.9 Å². The third-order valence-electron chi connectivity index (χ3n) is 5.26. The number of fused-ring (bicyclic) bond motifs is 7. The maximum absolute atomic E-state index is 13.9. The molecule has 5 rings (SSSR count). The van der Waals surface area contributed by atoms with E-state index in [-0.39, 0.29) is 12.6 Å². The minimum atomic E-state index is -1.22. The number of nitrogens with zero attached hydrogens (tertiary/aromatic N) is 2. The fraction of sp³-hybridized carbons (Fsp3) is 0.733. The van der Waals surface area contributed by atoms with E-state index in [0.29, 0.717) is 0 Å². The van der Waals surface area contributed by atoms with Gasteiger partial charge in [-0.3, -0.25) is 9.36 Å². The largest absolute Gasteiger partial charge is 0.461 e. The standard InChI is InChI=1S/C15H17FN2O5/c16-7-14-8-20-13-17-9(19)3-6-18(13)12(23-14)10-11(14)22-15(21-10)4-1-2-5-15/h3,6,10-12H,1-2,4-5,7-8H2/t10-,11+,12-,14-/m1/s1. The van der Waals surface area contributed by atoms with Gasteiger partial charge in [-0.25, -0.2) is 4.39 Å². The summed E-state index contributed by atoms with van der Waals surface area (Å²) in [6, 6.07) is 1.46. The number of ether oxygens (including phenoxy) is 4. The molecule has 1 saturated carbocycles. The summed E-state index contributed by atoms with van der Waals surface area (Å²) >= 11 is 0. The van der Waals surface area contributed by atoms with E-state index in [1.54, 1.807) is 10.8 Å². The molecule has 0 radical (unpaired) electrons. The molecular formula is C15H17FN2O5. The zero-order chi connectivity index (χ0) is 15.7. The van der Waals surface area contributed by atoms with Gasteiger partial charge in [-0.05, 0) is 12.8 Å². The van der Waals surface area contributed by atoms with E-state index in [0.717, 1.165) is 25.7 Å². The Hall–Kier alpha value is -1.51. The average molecular weight is 324 g/mol. The van der Waals surface area contributed by atoms with Crippen LogP contribution in [-0.2, 0) is 14.2 Å². The first-order valence-electron chi connectivity index (χ1n) is 7.96. The van der Waals surface area contributed by atoms with Crippen molar-refractivity contribution in [1.29, 1.82) is 0 Å². The minimum Gasteiger partial charge on any atom is -0.461 e. The summed E-state index contributed by atoms with van der Waals surface area (Å²) in [5, 5.41) is 0. The minimum absolute atomic E-state index is 0.0585. The fourth-order valence-corrected chi connectivity index (χ4v) is 4.14. The van der Waals surface area contributed by atoms with Crippen LogP contribution >= 0.6 is 0 Å². The van der Waals surface area contributed by atoms with Crippen molar-refractivity contribution in [3.63, 3.8) is 0 Å². The first-order chi connectivity index (χ1) is 11.1. The predicted molar refractivity (Wildman–Crippen MR) is 73.8 cm³/mol. The SMILES string of the molecule is O=c1ccn2c(n1)OC[C@@]1(CF)O[C@@H]2[C@@H]2OC3(CCCC3)O[C@@H]21. The molecular weight excluding hydrogens is 307 g/mol. The summed E-state index contributed by atoms with van der Waals surface area (Å²) in [5.41, 5.74) is -1.63. The van der Waals surface area contributed by atoms with Gasteiger partial charge in [0.15, 0.2) is 17.6 Å². The molecule has 0 aromatic carbocycles. The van der Waals surface area contributed by atoms with Crippen LogP contribution in [0.15, 0.2) is 17.1 Å². The Morgan fingerprint density at radius 2 is 2.13 bits per heavy atom. The van der Waals surface area contributed by atoms with Crippen LogP contribution < -0.4 is 10.3 Å². The fourth-order valence-electron chi connectivity index (χ4n) is 4.14. The Kier molecular flexibility index (Phi) is 2.73. The van der Waals surface area contributed by atoms with E-state index in [1.807, 2.05) is 0 Å². The number of rotatable bonds is 1. The molecule has 0 amide bonds. The van der Waals surface area contributed by atoms with E-state index in [9.17, 15) is 9.18 Å². The van der Waals surface area contributed by atoms with E-state index >= 15 is 0 Å². The van der Waals surface area contributed by atoms with Gasteiger partial charge in [-0.1, -0.05) is 0 Å². The molecule has 3 fully saturated rings. The summed E-state index contributed by atoms with van der Waals surface area (Å²) in [4.78, 5) is 15.3. The highest BCUT2D eigenvalue weighted by atomic mass is 19.1. The molecule has 4 heterocycles. The lowest BCUT2D eigenvalue weighted by Gasteiger charge is -2.31. The Bertz CT molecular complexity index is 703. The summed E-state index contributed by atoms with van der Waals surface area (Å²) in [6.45, 7) is -0.806. The van der Waals surface area contributed by atoms with Crippen molar-refractivity contribution < 1.29 is 23.3 Å². The van der Waals surface area contributed by atoms with Crippen LogP contribution in [0.4, 0.5) is 4.39 Å². The second kappa shape index (κ2) is 4.52. The molecule has 1 spiro atoms. The van der Waals surface area contributed by atoms with Crippen LogP contribution in [0.2, 0.25) is 0 Å². The van der Waals surface area contributed by atoms with Gasteiger partial charge in [-0.2, -0.15) is 4.98 Å². The molecule has 4 aliphatic rings. The maximum atomic E-state index is 13.9. The smallest absolute Gasteiger partial charge is 0.302 e. The lowest BCUT2D eigenvalue weighted by atomic mass is 9.97. The van der Waals surface area contributed by atoms with Crippen LogP contribution in [-0.4, -0.2) is 46.4 Å². The van der Waals surface area contributed by atoms with Gasteiger partial charge in [0.2, 0.25) is 0 Å². The van der Waals surface area contributed by atoms with Gasteiger partial charge in [-0.15, -0.1) is 0 Å². The lowest BCUT2D eigenvalue weighted by Crippen LogP contribution is -2.50. The van der Waals surface area contributed by atoms with Gasteiger partial charge >= 0.3 is 6.01 Å². The van der Waals surface area contributed by atoms with E-state index in [4.69, 9.17) is 18.9 Å². The summed E-state index contributed by atoms with van der Waals surface area (Å²) in [5.74, 6) is -0.630. The van der Waals surface area contributed by atoms with E-state index in [2.05, 4.69) is 4.98 Å². The Morgan fingerprint density at radius 3 is 2.91 bits per heavy atom. The summed E-state index contributed by atoms with van der Waals surface area (Å²) < 4.78 is 39.5. The normalized spacial score (nSPS) is 39.8. The highest BCUT2D eigenvalue weighted by molar-refractivity contribution is 5.14. The third-order valence-corrected chi connectivity index (χ3v) is 5.26. The number of halogens is 1. The molecule has 23 heavy (non-hydrogen) atoms. The molecule has 2 bridgehead atoms. The quantitative estimate of drug-likeness (QED) is 0.765. The molecule has 8 heteroatoms. The van der Waals surface area contributed by atoms with Crippen molar-refractivity contribution in [2.45, 2.75) is 55.5 Å². The Labute approximate surface area is 131 Å². The Morgan fingerprint density at radius 1 is 1.30 bits per heavy atom. The van der Waals surface area contributed by atoms with Crippen molar-refractivity contribution in [3.05, 3.63) is 22.6 Å². The lowest BCUT2D eigenvalue weighted by molar-refractivity contribution is -0.235. The van der Waals surface area contributed by atoms with Gasteiger partial charge in [0.1, 0.15) is 25.5 Å². The zero-order valence-electron chi connectivity index (χ0n) is 12.4. The second-order valence-corrected chi connectivity index (χ2v) is 6.69. The van der Waals surface area contributed by atoms with E-state index in [1.165, 1.54) is 6.07 Å².